The van der Waals surface area contributed by atoms with Crippen molar-refractivity contribution in [2.75, 3.05) is 13.2 Å². The topological polar surface area (TPSA) is 78.9 Å². The van der Waals surface area contributed by atoms with E-state index in [-0.39, 0.29) is 31.1 Å². The summed E-state index contributed by atoms with van der Waals surface area (Å²) in [6.07, 6.45) is 98.3. The summed E-state index contributed by atoms with van der Waals surface area (Å²) in [7, 11) is 0. The summed E-state index contributed by atoms with van der Waals surface area (Å²) in [5.41, 5.74) is 0. The molecule has 0 bridgehead atoms. The first kappa shape index (κ1) is 76.0. The molecule has 6 nitrogen and oxygen atoms in total. The fraction of sp³-hybridized carbons (Fsp3) is 0.613. The summed E-state index contributed by atoms with van der Waals surface area (Å²) >= 11 is 0. The Hall–Kier alpha value is -4.97. The zero-order valence-corrected chi connectivity index (χ0v) is 52.2. The molecule has 0 aliphatic heterocycles. The van der Waals surface area contributed by atoms with Gasteiger partial charge >= 0.3 is 17.9 Å². The molecule has 0 saturated carbocycles. The van der Waals surface area contributed by atoms with E-state index in [1.54, 1.807) is 0 Å². The Morgan fingerprint density at radius 2 is 0.481 bits per heavy atom. The monoisotopic (exact) mass is 1120 g/mol. The minimum Gasteiger partial charge on any atom is -0.462 e. The molecule has 81 heavy (non-hydrogen) atoms. The molecule has 0 radical (unpaired) electrons. The highest BCUT2D eigenvalue weighted by Gasteiger charge is 2.19. The molecule has 0 aliphatic rings. The molecule has 6 heteroatoms. The SMILES string of the molecule is CC/C=C\C/C=C\C/C=C\C/C=C\C/C=C\C/C=C\C/C=C\C/C=C\CCCCCCC(=O)OCC(COC(=O)CCCCCCCCCCC)OC(=O)CCCCCCCCCCC/C=C\C/C=C\C/C=C\C/C=C\C/C=C\CC. The number of rotatable bonds is 58. The van der Waals surface area contributed by atoms with Crippen LogP contribution >= 0.6 is 0 Å². The van der Waals surface area contributed by atoms with E-state index in [1.165, 1.54) is 77.0 Å². The van der Waals surface area contributed by atoms with E-state index in [2.05, 4.69) is 179 Å². The van der Waals surface area contributed by atoms with Crippen molar-refractivity contribution < 1.29 is 28.6 Å². The van der Waals surface area contributed by atoms with Crippen LogP contribution in [0, 0.1) is 0 Å². The highest BCUT2D eigenvalue weighted by atomic mass is 16.6. The van der Waals surface area contributed by atoms with Crippen LogP contribution in [0.15, 0.2) is 158 Å². The number of carbonyl (C=O) groups excluding carboxylic acids is 3. The predicted molar refractivity (Wildman–Crippen MR) is 352 cm³/mol. The van der Waals surface area contributed by atoms with Gasteiger partial charge in [0.15, 0.2) is 6.10 Å². The van der Waals surface area contributed by atoms with Crippen molar-refractivity contribution in [3.8, 4) is 0 Å². The average molecular weight is 1120 g/mol. The molecule has 1 atom stereocenters. The molecule has 0 fully saturated rings. The molecule has 0 aromatic heterocycles. The summed E-state index contributed by atoms with van der Waals surface area (Å²) < 4.78 is 16.9. The number of unbranched alkanes of at least 4 members (excludes halogenated alkanes) is 21. The third-order valence-electron chi connectivity index (χ3n) is 13.5. The maximum Gasteiger partial charge on any atom is 0.306 e. The maximum absolute atomic E-state index is 12.9. The normalized spacial score (nSPS) is 13.2. The number of hydrogen-bond donors (Lipinski definition) is 0. The number of ether oxygens (including phenoxy) is 3. The summed E-state index contributed by atoms with van der Waals surface area (Å²) in [6, 6.07) is 0. The summed E-state index contributed by atoms with van der Waals surface area (Å²) in [6.45, 7) is 6.37. The second-order valence-corrected chi connectivity index (χ2v) is 21.3. The average Bonchev–Trinajstić information content (AvgIpc) is 3.47. The molecular weight excluding hydrogens is 997 g/mol. The van der Waals surface area contributed by atoms with Crippen LogP contribution in [0.4, 0.5) is 0 Å². The van der Waals surface area contributed by atoms with Crippen LogP contribution in [-0.4, -0.2) is 37.2 Å². The minimum absolute atomic E-state index is 0.0929. The Morgan fingerprint density at radius 1 is 0.259 bits per heavy atom. The Bertz CT molecular complexity index is 1810. The quantitative estimate of drug-likeness (QED) is 0.0261. The molecule has 0 heterocycles. The molecule has 0 N–H and O–H groups in total. The third kappa shape index (κ3) is 65.7. The van der Waals surface area contributed by atoms with Crippen LogP contribution in [0.25, 0.3) is 0 Å². The van der Waals surface area contributed by atoms with Crippen molar-refractivity contribution in [3.05, 3.63) is 158 Å². The summed E-state index contributed by atoms with van der Waals surface area (Å²) in [5, 5.41) is 0. The Kier molecular flexibility index (Phi) is 63.4. The van der Waals surface area contributed by atoms with Gasteiger partial charge in [-0.05, 0) is 128 Å². The van der Waals surface area contributed by atoms with Gasteiger partial charge in [0.05, 0.1) is 0 Å². The summed E-state index contributed by atoms with van der Waals surface area (Å²) in [5.74, 6) is -0.929. The van der Waals surface area contributed by atoms with Crippen LogP contribution in [0.1, 0.15) is 278 Å². The molecule has 0 rings (SSSR count). The van der Waals surface area contributed by atoms with E-state index in [0.29, 0.717) is 19.3 Å². The lowest BCUT2D eigenvalue weighted by Gasteiger charge is -2.18. The molecule has 0 amide bonds. The lowest BCUT2D eigenvalue weighted by Crippen LogP contribution is -2.30. The maximum atomic E-state index is 12.9. The largest absolute Gasteiger partial charge is 0.462 e. The number of esters is 3. The van der Waals surface area contributed by atoms with Crippen LogP contribution in [0.2, 0.25) is 0 Å². The molecule has 0 aromatic carbocycles. The zero-order chi connectivity index (χ0) is 58.5. The first-order valence-electron chi connectivity index (χ1n) is 33.0. The van der Waals surface area contributed by atoms with Gasteiger partial charge in [0.25, 0.3) is 0 Å². The molecule has 1 unspecified atom stereocenters. The number of carbonyl (C=O) groups is 3. The van der Waals surface area contributed by atoms with Gasteiger partial charge in [0, 0.05) is 19.3 Å². The molecule has 0 aromatic rings. The highest BCUT2D eigenvalue weighted by molar-refractivity contribution is 5.71. The van der Waals surface area contributed by atoms with Crippen molar-refractivity contribution in [1.29, 1.82) is 0 Å². The lowest BCUT2D eigenvalue weighted by molar-refractivity contribution is -0.167. The highest BCUT2D eigenvalue weighted by Crippen LogP contribution is 2.15. The fourth-order valence-corrected chi connectivity index (χ4v) is 8.66. The Balaban J connectivity index is 4.32. The predicted octanol–water partition coefficient (Wildman–Crippen LogP) is 22.9. The van der Waals surface area contributed by atoms with Gasteiger partial charge in [-0.3, -0.25) is 14.4 Å². The zero-order valence-electron chi connectivity index (χ0n) is 52.2. The van der Waals surface area contributed by atoms with E-state index in [0.717, 1.165) is 161 Å². The van der Waals surface area contributed by atoms with Crippen molar-refractivity contribution in [2.24, 2.45) is 0 Å². The van der Waals surface area contributed by atoms with Crippen LogP contribution in [0.5, 0.6) is 0 Å². The second kappa shape index (κ2) is 67.5. The van der Waals surface area contributed by atoms with Gasteiger partial charge in [-0.2, -0.15) is 0 Å². The lowest BCUT2D eigenvalue weighted by atomic mass is 10.1. The van der Waals surface area contributed by atoms with Gasteiger partial charge < -0.3 is 14.2 Å². The molecule has 456 valence electrons. The van der Waals surface area contributed by atoms with E-state index in [9.17, 15) is 14.4 Å². The van der Waals surface area contributed by atoms with E-state index >= 15 is 0 Å². The molecule has 0 spiro atoms. The van der Waals surface area contributed by atoms with Gasteiger partial charge in [0.2, 0.25) is 0 Å². The Labute approximate surface area is 499 Å². The number of hydrogen-bond acceptors (Lipinski definition) is 6. The van der Waals surface area contributed by atoms with Crippen molar-refractivity contribution in [1.82, 2.24) is 0 Å². The number of allylic oxidation sites excluding steroid dienone is 26. The van der Waals surface area contributed by atoms with Gasteiger partial charge in [0.1, 0.15) is 13.2 Å². The fourth-order valence-electron chi connectivity index (χ4n) is 8.66. The van der Waals surface area contributed by atoms with Crippen LogP contribution in [-0.2, 0) is 28.6 Å². The van der Waals surface area contributed by atoms with Gasteiger partial charge in [-0.25, -0.2) is 0 Å². The van der Waals surface area contributed by atoms with E-state index in [4.69, 9.17) is 14.2 Å². The standard InChI is InChI=1S/C75H120O6/c1-4-7-10-13-16-19-21-23-25-27-29-31-33-35-36-37-38-40-41-43-45-47-49-51-53-56-59-62-65-68-74(77)80-71-72(70-79-73(76)67-64-61-58-55-18-15-12-9-6-3)81-75(78)69-66-63-60-57-54-52-50-48-46-44-42-39-34-32-30-28-26-24-22-20-17-14-11-8-5-2/h7-8,10-11,16-17,19-20,23-26,29-32,35-36,38-40,42-43,45,49,51,72H,4-6,9,12-15,18,21-22,27-28,33-34,37,41,44,46-48,50,52-71H2,1-3H3/b10-7-,11-8-,19-16-,20-17-,25-23-,26-24-,31-29-,32-30-,36-35-,40-38-,42-39-,45-43-,51-49-. The van der Waals surface area contributed by atoms with Crippen molar-refractivity contribution >= 4 is 17.9 Å². The molecule has 0 aliphatic carbocycles. The van der Waals surface area contributed by atoms with Crippen LogP contribution in [0.3, 0.4) is 0 Å². The van der Waals surface area contributed by atoms with E-state index < -0.39 is 6.10 Å². The van der Waals surface area contributed by atoms with Crippen molar-refractivity contribution in [2.45, 2.75) is 284 Å². The Morgan fingerprint density at radius 3 is 0.753 bits per heavy atom. The van der Waals surface area contributed by atoms with Gasteiger partial charge in [-0.15, -0.1) is 0 Å². The second-order valence-electron chi connectivity index (χ2n) is 21.3. The minimum atomic E-state index is -0.798. The third-order valence-corrected chi connectivity index (χ3v) is 13.5. The van der Waals surface area contributed by atoms with Gasteiger partial charge in [-0.1, -0.05) is 288 Å². The van der Waals surface area contributed by atoms with Crippen molar-refractivity contribution in [3.63, 3.8) is 0 Å². The first-order valence-corrected chi connectivity index (χ1v) is 33.0. The van der Waals surface area contributed by atoms with E-state index in [1.807, 2.05) is 0 Å². The molecular formula is C75H120O6. The van der Waals surface area contributed by atoms with Crippen LogP contribution < -0.4 is 0 Å². The first-order chi connectivity index (χ1) is 40.0. The summed E-state index contributed by atoms with van der Waals surface area (Å²) in [4.78, 5) is 38.2. The smallest absolute Gasteiger partial charge is 0.306 e. The molecule has 0 saturated heterocycles.